The number of nitrogens with one attached hydrogen (secondary N) is 1. The monoisotopic (exact) mass is 387 g/mol. The fourth-order valence-corrected chi connectivity index (χ4v) is 3.82. The molecule has 4 rings (SSSR count). The maximum atomic E-state index is 13.1. The largest absolute Gasteiger partial charge is 0.318 e. The van der Waals surface area contributed by atoms with E-state index < -0.39 is 0 Å². The number of para-hydroxylation sites is 2. The molecule has 5 heteroatoms. The van der Waals surface area contributed by atoms with Crippen molar-refractivity contribution in [3.05, 3.63) is 71.9 Å². The molecular weight excluding hydrogens is 360 g/mol. The Morgan fingerprint density at radius 3 is 2.41 bits per heavy atom. The molecule has 3 aromatic rings. The summed E-state index contributed by atoms with van der Waals surface area (Å²) in [5.74, 6) is -0.0834. The first-order valence-corrected chi connectivity index (χ1v) is 10.2. The van der Waals surface area contributed by atoms with Gasteiger partial charge in [0, 0.05) is 17.1 Å². The fourth-order valence-electron chi connectivity index (χ4n) is 3.82. The normalized spacial score (nSPS) is 15.7. The number of benzene rings is 2. The highest BCUT2D eigenvalue weighted by Gasteiger charge is 2.29. The maximum absolute atomic E-state index is 13.1. The average Bonchev–Trinajstić information content (AvgIpc) is 3.25. The molecule has 1 aliphatic heterocycles. The van der Waals surface area contributed by atoms with Crippen LogP contribution in [-0.2, 0) is 11.5 Å². The molecule has 1 aliphatic rings. The zero-order valence-electron chi connectivity index (χ0n) is 17.2. The van der Waals surface area contributed by atoms with E-state index in [9.17, 15) is 4.79 Å². The standard InChI is InChI=1S/C24H26N4O/c1-4-26(5-2)17-27-16-19(21-13-9-10-14-23(21)27)15-22-18(3)25-28(24(22)29)20-11-7-6-8-12-20/h6-16H,4-5,17H2,1-3H3/p+1/b22-15+. The summed E-state index contributed by atoms with van der Waals surface area (Å²) < 4.78 is 2.30. The third-order valence-electron chi connectivity index (χ3n) is 5.58. The second-order valence-electron chi connectivity index (χ2n) is 7.38. The highest BCUT2D eigenvalue weighted by molar-refractivity contribution is 6.32. The van der Waals surface area contributed by atoms with E-state index in [0.717, 1.165) is 42.1 Å². The van der Waals surface area contributed by atoms with E-state index in [1.165, 1.54) is 15.4 Å². The number of carbonyl (C=O) groups excluding carboxylic acids is 1. The van der Waals surface area contributed by atoms with Crippen LogP contribution in [-0.4, -0.2) is 29.3 Å². The lowest BCUT2D eigenvalue weighted by molar-refractivity contribution is -0.919. The van der Waals surface area contributed by atoms with Gasteiger partial charge in [0.25, 0.3) is 5.91 Å². The van der Waals surface area contributed by atoms with E-state index in [-0.39, 0.29) is 5.91 Å². The van der Waals surface area contributed by atoms with Crippen molar-refractivity contribution in [1.82, 2.24) is 4.57 Å². The zero-order valence-corrected chi connectivity index (χ0v) is 17.2. The van der Waals surface area contributed by atoms with Gasteiger partial charge in [0.1, 0.15) is 0 Å². The second-order valence-corrected chi connectivity index (χ2v) is 7.38. The van der Waals surface area contributed by atoms with Crippen molar-refractivity contribution in [2.75, 3.05) is 18.1 Å². The third kappa shape index (κ3) is 3.61. The lowest BCUT2D eigenvalue weighted by atomic mass is 10.1. The Balaban J connectivity index is 1.73. The van der Waals surface area contributed by atoms with Crippen LogP contribution in [0.15, 0.2) is 71.5 Å². The molecule has 1 amide bonds. The Bertz CT molecular complexity index is 1090. The second kappa shape index (κ2) is 8.05. The minimum Gasteiger partial charge on any atom is -0.318 e. The molecular formula is C24H27N4O+. The Morgan fingerprint density at radius 1 is 1.00 bits per heavy atom. The SMILES string of the molecule is CC[NH+](CC)Cn1cc(/C=C2/C(=O)N(c3ccccc3)N=C2C)c2ccccc21. The molecule has 0 fully saturated rings. The first-order valence-electron chi connectivity index (χ1n) is 10.2. The quantitative estimate of drug-likeness (QED) is 0.648. The van der Waals surface area contributed by atoms with Crippen molar-refractivity contribution in [2.45, 2.75) is 27.4 Å². The predicted octanol–water partition coefficient (Wildman–Crippen LogP) is 3.33. The number of aromatic nitrogens is 1. The van der Waals surface area contributed by atoms with E-state index in [2.05, 4.69) is 47.9 Å². The molecule has 0 saturated heterocycles. The summed E-state index contributed by atoms with van der Waals surface area (Å²) >= 11 is 0. The van der Waals surface area contributed by atoms with Crippen molar-refractivity contribution >= 4 is 34.3 Å². The summed E-state index contributed by atoms with van der Waals surface area (Å²) in [5, 5.41) is 7.14. The van der Waals surface area contributed by atoms with Gasteiger partial charge in [-0.1, -0.05) is 36.4 Å². The summed E-state index contributed by atoms with van der Waals surface area (Å²) in [7, 11) is 0. The lowest BCUT2D eigenvalue weighted by Gasteiger charge is -2.16. The van der Waals surface area contributed by atoms with Crippen molar-refractivity contribution in [3.8, 4) is 0 Å². The molecule has 1 N–H and O–H groups in total. The molecule has 148 valence electrons. The Labute approximate surface area is 171 Å². The molecule has 0 aliphatic carbocycles. The van der Waals surface area contributed by atoms with Crippen molar-refractivity contribution in [3.63, 3.8) is 0 Å². The Kier molecular flexibility index (Phi) is 5.32. The van der Waals surface area contributed by atoms with Gasteiger partial charge < -0.3 is 4.90 Å². The van der Waals surface area contributed by atoms with Crippen molar-refractivity contribution in [1.29, 1.82) is 0 Å². The summed E-state index contributed by atoms with van der Waals surface area (Å²) in [6.07, 6.45) is 4.15. The van der Waals surface area contributed by atoms with Gasteiger partial charge in [-0.15, -0.1) is 0 Å². The van der Waals surface area contributed by atoms with Gasteiger partial charge in [-0.2, -0.15) is 10.1 Å². The summed E-state index contributed by atoms with van der Waals surface area (Å²) in [6.45, 7) is 9.39. The summed E-state index contributed by atoms with van der Waals surface area (Å²) in [4.78, 5) is 14.6. The summed E-state index contributed by atoms with van der Waals surface area (Å²) in [5.41, 5.74) is 4.42. The molecule has 2 heterocycles. The number of rotatable bonds is 6. The number of quaternary nitrogens is 1. The van der Waals surface area contributed by atoms with Crippen molar-refractivity contribution < 1.29 is 9.69 Å². The van der Waals surface area contributed by atoms with E-state index >= 15 is 0 Å². The first-order chi connectivity index (χ1) is 14.1. The van der Waals surface area contributed by atoms with Crippen LogP contribution in [0, 0.1) is 0 Å². The summed E-state index contributed by atoms with van der Waals surface area (Å²) in [6, 6.07) is 17.9. The molecule has 5 nitrogen and oxygen atoms in total. The fraction of sp³-hybridized carbons (Fsp3) is 0.250. The minimum atomic E-state index is -0.0834. The van der Waals surface area contributed by atoms with Crippen LogP contribution in [0.3, 0.4) is 0 Å². The highest BCUT2D eigenvalue weighted by atomic mass is 16.2. The van der Waals surface area contributed by atoms with Gasteiger partial charge in [0.05, 0.1) is 35.6 Å². The molecule has 2 aromatic carbocycles. The van der Waals surface area contributed by atoms with Crippen LogP contribution in [0.2, 0.25) is 0 Å². The maximum Gasteiger partial charge on any atom is 0.280 e. The molecule has 0 spiro atoms. The van der Waals surface area contributed by atoms with Gasteiger partial charge in [0.15, 0.2) is 6.67 Å². The van der Waals surface area contributed by atoms with Gasteiger partial charge in [0.2, 0.25) is 0 Å². The van der Waals surface area contributed by atoms with E-state index in [4.69, 9.17) is 0 Å². The zero-order chi connectivity index (χ0) is 20.4. The molecule has 0 bridgehead atoms. The van der Waals surface area contributed by atoms with Crippen molar-refractivity contribution in [2.24, 2.45) is 5.10 Å². The van der Waals surface area contributed by atoms with Crippen LogP contribution in [0.5, 0.6) is 0 Å². The van der Waals surface area contributed by atoms with Crippen LogP contribution >= 0.6 is 0 Å². The molecule has 0 unspecified atom stereocenters. The van der Waals surface area contributed by atoms with E-state index in [0.29, 0.717) is 5.57 Å². The van der Waals surface area contributed by atoms with Crippen LogP contribution in [0.1, 0.15) is 26.3 Å². The average molecular weight is 388 g/mol. The van der Waals surface area contributed by atoms with Gasteiger partial charge >= 0.3 is 0 Å². The number of hydrogen-bond acceptors (Lipinski definition) is 2. The lowest BCUT2D eigenvalue weighted by Crippen LogP contribution is -3.10. The Hall–Kier alpha value is -3.18. The Morgan fingerprint density at radius 2 is 1.69 bits per heavy atom. The number of nitrogens with zero attached hydrogens (tertiary/aromatic N) is 3. The number of hydrogen-bond donors (Lipinski definition) is 1. The van der Waals surface area contributed by atoms with E-state index in [1.807, 2.05) is 49.4 Å². The molecule has 29 heavy (non-hydrogen) atoms. The van der Waals surface area contributed by atoms with Gasteiger partial charge in [-0.25, -0.2) is 0 Å². The number of carbonyl (C=O) groups is 1. The van der Waals surface area contributed by atoms with Crippen LogP contribution < -0.4 is 9.91 Å². The molecule has 0 saturated carbocycles. The molecule has 1 aromatic heterocycles. The van der Waals surface area contributed by atoms with E-state index in [1.54, 1.807) is 0 Å². The molecule has 0 atom stereocenters. The predicted molar refractivity (Wildman–Crippen MR) is 119 cm³/mol. The number of fused-ring (bicyclic) bond motifs is 1. The first kappa shape index (κ1) is 19.2. The number of hydrazone groups is 1. The highest BCUT2D eigenvalue weighted by Crippen LogP contribution is 2.28. The molecule has 0 radical (unpaired) electrons. The van der Waals surface area contributed by atoms with Gasteiger partial charge in [-0.3, -0.25) is 9.36 Å². The topological polar surface area (TPSA) is 42.0 Å². The third-order valence-corrected chi connectivity index (χ3v) is 5.58. The van der Waals surface area contributed by atoms with Gasteiger partial charge in [-0.05, 0) is 45.0 Å². The van der Waals surface area contributed by atoms with Crippen LogP contribution in [0.4, 0.5) is 5.69 Å². The number of amides is 1. The minimum absolute atomic E-state index is 0.0834. The smallest absolute Gasteiger partial charge is 0.280 e. The van der Waals surface area contributed by atoms with Crippen LogP contribution in [0.25, 0.3) is 17.0 Å². The number of anilines is 1.